The topological polar surface area (TPSA) is 44.8 Å². The number of carbonyl (C=O) groups excluding carboxylic acids is 1. The fourth-order valence-electron chi connectivity index (χ4n) is 2.56. The molecular formula is C11H14O4. The van der Waals surface area contributed by atoms with Crippen LogP contribution in [0.15, 0.2) is 12.2 Å². The molecule has 4 heteroatoms. The maximum Gasteiger partial charge on any atom is 0.307 e. The molecular weight excluding hydrogens is 196 g/mol. The lowest BCUT2D eigenvalue weighted by molar-refractivity contribution is -0.170. The van der Waals surface area contributed by atoms with Gasteiger partial charge in [-0.2, -0.15) is 0 Å². The minimum Gasteiger partial charge on any atom is -0.455 e. The Labute approximate surface area is 88.2 Å². The van der Waals surface area contributed by atoms with Gasteiger partial charge in [0.05, 0.1) is 12.5 Å². The van der Waals surface area contributed by atoms with Crippen molar-refractivity contribution >= 4 is 5.97 Å². The van der Waals surface area contributed by atoms with Crippen LogP contribution in [0.5, 0.6) is 0 Å². The first-order valence-electron chi connectivity index (χ1n) is 5.29. The Balaban J connectivity index is 1.94. The lowest BCUT2D eigenvalue weighted by Gasteiger charge is -2.26. The Kier molecular flexibility index (Phi) is 1.77. The summed E-state index contributed by atoms with van der Waals surface area (Å²) in [6.07, 6.45) is 3.88. The molecule has 2 fully saturated rings. The molecule has 3 aliphatic heterocycles. The first-order valence-corrected chi connectivity index (χ1v) is 5.29. The van der Waals surface area contributed by atoms with Crippen molar-refractivity contribution in [3.63, 3.8) is 0 Å². The highest BCUT2D eigenvalue weighted by Crippen LogP contribution is 2.41. The predicted molar refractivity (Wildman–Crippen MR) is 51.0 cm³/mol. The number of hydrogen-bond acceptors (Lipinski definition) is 4. The Morgan fingerprint density at radius 2 is 2.00 bits per heavy atom. The van der Waals surface area contributed by atoms with Crippen molar-refractivity contribution in [1.29, 1.82) is 0 Å². The minimum atomic E-state index is -0.568. The fraction of sp³-hybridized carbons (Fsp3) is 0.727. The van der Waals surface area contributed by atoms with E-state index in [-0.39, 0.29) is 30.2 Å². The highest BCUT2D eigenvalue weighted by molar-refractivity contribution is 5.71. The van der Waals surface area contributed by atoms with E-state index >= 15 is 0 Å². The molecule has 4 nitrogen and oxygen atoms in total. The molecule has 0 unspecified atom stereocenters. The number of ether oxygens (including phenoxy) is 3. The number of rotatable bonds is 0. The zero-order valence-corrected chi connectivity index (χ0v) is 8.80. The highest BCUT2D eigenvalue weighted by Gasteiger charge is 2.52. The zero-order valence-electron chi connectivity index (χ0n) is 8.80. The van der Waals surface area contributed by atoms with Crippen LogP contribution in [0.25, 0.3) is 0 Å². The number of carbonyl (C=O) groups is 1. The second kappa shape index (κ2) is 2.83. The molecule has 2 saturated heterocycles. The van der Waals surface area contributed by atoms with Gasteiger partial charge in [0.15, 0.2) is 5.79 Å². The summed E-state index contributed by atoms with van der Waals surface area (Å²) in [6, 6.07) is 0. The van der Waals surface area contributed by atoms with E-state index in [1.807, 2.05) is 26.0 Å². The van der Waals surface area contributed by atoms with Crippen molar-refractivity contribution in [1.82, 2.24) is 0 Å². The average molecular weight is 210 g/mol. The van der Waals surface area contributed by atoms with E-state index in [2.05, 4.69) is 0 Å². The van der Waals surface area contributed by atoms with Crippen LogP contribution in [0.4, 0.5) is 0 Å². The summed E-state index contributed by atoms with van der Waals surface area (Å²) in [5.41, 5.74) is 0. The molecule has 0 spiro atoms. The third-order valence-electron chi connectivity index (χ3n) is 3.13. The Morgan fingerprint density at radius 1 is 1.27 bits per heavy atom. The van der Waals surface area contributed by atoms with Gasteiger partial charge in [0, 0.05) is 5.92 Å². The smallest absolute Gasteiger partial charge is 0.307 e. The van der Waals surface area contributed by atoms with Gasteiger partial charge in [-0.15, -0.1) is 0 Å². The largest absolute Gasteiger partial charge is 0.455 e. The molecule has 4 atom stereocenters. The summed E-state index contributed by atoms with van der Waals surface area (Å²) < 4.78 is 16.9. The van der Waals surface area contributed by atoms with Gasteiger partial charge in [-0.3, -0.25) is 4.79 Å². The van der Waals surface area contributed by atoms with Crippen molar-refractivity contribution in [3.05, 3.63) is 12.2 Å². The van der Waals surface area contributed by atoms with Crippen molar-refractivity contribution < 1.29 is 19.0 Å². The van der Waals surface area contributed by atoms with E-state index in [0.29, 0.717) is 6.42 Å². The number of hydrogen-bond donors (Lipinski definition) is 0. The first-order chi connectivity index (χ1) is 7.05. The van der Waals surface area contributed by atoms with Gasteiger partial charge in [-0.25, -0.2) is 0 Å². The zero-order chi connectivity index (χ0) is 10.6. The molecule has 3 heterocycles. The van der Waals surface area contributed by atoms with Gasteiger partial charge < -0.3 is 14.2 Å². The van der Waals surface area contributed by atoms with Crippen LogP contribution in [-0.4, -0.2) is 30.1 Å². The summed E-state index contributed by atoms with van der Waals surface area (Å²) >= 11 is 0. The van der Waals surface area contributed by atoms with E-state index in [9.17, 15) is 4.79 Å². The summed E-state index contributed by atoms with van der Waals surface area (Å²) in [6.45, 7) is 3.78. The molecule has 0 saturated carbocycles. The van der Waals surface area contributed by atoms with Crippen molar-refractivity contribution in [2.75, 3.05) is 0 Å². The molecule has 0 aromatic carbocycles. The van der Waals surface area contributed by atoms with Crippen LogP contribution in [0.3, 0.4) is 0 Å². The van der Waals surface area contributed by atoms with Gasteiger partial charge >= 0.3 is 5.97 Å². The molecule has 0 amide bonds. The summed E-state index contributed by atoms with van der Waals surface area (Å²) in [5.74, 6) is -0.626. The second-order valence-electron chi connectivity index (χ2n) is 4.77. The third kappa shape index (κ3) is 1.40. The van der Waals surface area contributed by atoms with Crippen LogP contribution in [0.1, 0.15) is 20.3 Å². The number of esters is 1. The SMILES string of the molecule is CC1(C)O[C@@H]2[C@H](O1)[C@@H]1C=C[C@H]2CC(=O)O1. The summed E-state index contributed by atoms with van der Waals surface area (Å²) in [4.78, 5) is 11.4. The maximum absolute atomic E-state index is 11.4. The van der Waals surface area contributed by atoms with Crippen LogP contribution in [0, 0.1) is 5.92 Å². The van der Waals surface area contributed by atoms with Gasteiger partial charge in [0.1, 0.15) is 12.2 Å². The molecule has 0 aromatic heterocycles. The van der Waals surface area contributed by atoms with Gasteiger partial charge in [0.2, 0.25) is 0 Å². The summed E-state index contributed by atoms with van der Waals surface area (Å²) in [7, 11) is 0. The first kappa shape index (κ1) is 9.36. The molecule has 0 N–H and O–H groups in total. The van der Waals surface area contributed by atoms with E-state index < -0.39 is 5.79 Å². The Morgan fingerprint density at radius 3 is 2.80 bits per heavy atom. The molecule has 0 radical (unpaired) electrons. The fourth-order valence-corrected chi connectivity index (χ4v) is 2.56. The molecule has 15 heavy (non-hydrogen) atoms. The predicted octanol–water partition coefficient (Wildman–Crippen LogP) is 1.01. The third-order valence-corrected chi connectivity index (χ3v) is 3.13. The molecule has 2 bridgehead atoms. The van der Waals surface area contributed by atoms with Crippen LogP contribution in [-0.2, 0) is 19.0 Å². The van der Waals surface area contributed by atoms with E-state index in [0.717, 1.165) is 0 Å². The van der Waals surface area contributed by atoms with Crippen molar-refractivity contribution in [3.8, 4) is 0 Å². The molecule has 4 rings (SSSR count). The number of fused-ring (bicyclic) bond motifs is 2. The maximum atomic E-state index is 11.4. The van der Waals surface area contributed by atoms with E-state index in [1.165, 1.54) is 0 Å². The Bertz CT molecular complexity index is 305. The minimum absolute atomic E-state index is 0.0403. The normalized spacial score (nSPS) is 46.1. The van der Waals surface area contributed by atoms with Gasteiger partial charge in [0.25, 0.3) is 0 Å². The van der Waals surface area contributed by atoms with Crippen LogP contribution >= 0.6 is 0 Å². The summed E-state index contributed by atoms with van der Waals surface area (Å²) in [5, 5.41) is 0. The lowest BCUT2D eigenvalue weighted by atomic mass is 9.88. The molecule has 82 valence electrons. The molecule has 4 aliphatic rings. The lowest BCUT2D eigenvalue weighted by Crippen LogP contribution is -2.39. The van der Waals surface area contributed by atoms with Gasteiger partial charge in [-0.1, -0.05) is 6.08 Å². The van der Waals surface area contributed by atoms with E-state index in [4.69, 9.17) is 14.2 Å². The van der Waals surface area contributed by atoms with E-state index in [1.54, 1.807) is 0 Å². The van der Waals surface area contributed by atoms with Gasteiger partial charge in [-0.05, 0) is 19.9 Å². The standard InChI is InChI=1S/C11H14O4/c1-11(2)14-9-6-3-4-7(10(9)15-11)13-8(12)5-6/h3-4,6-7,9-10H,5H2,1-2H3/t6-,7-,9-,10+/m0/s1. The quantitative estimate of drug-likeness (QED) is 0.442. The Hall–Kier alpha value is -0.870. The molecule has 0 aromatic rings. The monoisotopic (exact) mass is 210 g/mol. The highest BCUT2D eigenvalue weighted by atomic mass is 16.8. The average Bonchev–Trinajstić information content (AvgIpc) is 2.28. The van der Waals surface area contributed by atoms with Crippen molar-refractivity contribution in [2.45, 2.75) is 44.4 Å². The molecule has 1 aliphatic carbocycles. The van der Waals surface area contributed by atoms with Crippen molar-refractivity contribution in [2.24, 2.45) is 5.92 Å². The second-order valence-corrected chi connectivity index (χ2v) is 4.77. The van der Waals surface area contributed by atoms with Crippen LogP contribution < -0.4 is 0 Å². The van der Waals surface area contributed by atoms with Crippen LogP contribution in [0.2, 0.25) is 0 Å².